The molecule has 0 aliphatic heterocycles. The number of urea groups is 1. The lowest BCUT2D eigenvalue weighted by Crippen LogP contribution is -2.48. The third-order valence-electron chi connectivity index (χ3n) is 3.32. The van der Waals surface area contributed by atoms with Crippen LogP contribution in [0.4, 0.5) is 4.79 Å². The smallest absolute Gasteiger partial charge is 0.320 e. The molecule has 0 fully saturated rings. The van der Waals surface area contributed by atoms with Crippen molar-refractivity contribution >= 4 is 12.0 Å². The number of amides is 2. The minimum atomic E-state index is -0.872. The van der Waals surface area contributed by atoms with E-state index >= 15 is 0 Å². The highest BCUT2D eigenvalue weighted by molar-refractivity contribution is 5.75. The Labute approximate surface area is 116 Å². The maximum absolute atomic E-state index is 12.4. The van der Waals surface area contributed by atoms with Crippen LogP contribution in [0.1, 0.15) is 47.5 Å². The second kappa shape index (κ2) is 8.77. The van der Waals surface area contributed by atoms with E-state index in [9.17, 15) is 9.59 Å². The lowest BCUT2D eigenvalue weighted by molar-refractivity contribution is -0.137. The van der Waals surface area contributed by atoms with E-state index in [1.807, 2.05) is 20.8 Å². The van der Waals surface area contributed by atoms with E-state index in [2.05, 4.69) is 13.8 Å². The molecule has 1 unspecified atom stereocenters. The fourth-order valence-corrected chi connectivity index (χ4v) is 1.82. The zero-order chi connectivity index (χ0) is 15.0. The third kappa shape index (κ3) is 6.45. The number of hydrogen-bond acceptors (Lipinski definition) is 2. The lowest BCUT2D eigenvalue weighted by Gasteiger charge is -2.33. The van der Waals surface area contributed by atoms with Crippen molar-refractivity contribution in [2.45, 2.75) is 53.5 Å². The lowest BCUT2D eigenvalue weighted by atomic mass is 10.1. The van der Waals surface area contributed by atoms with Crippen molar-refractivity contribution in [3.63, 3.8) is 0 Å². The Kier molecular flexibility index (Phi) is 8.19. The van der Waals surface area contributed by atoms with Crippen LogP contribution >= 0.6 is 0 Å². The number of hydrogen-bond donors (Lipinski definition) is 1. The Morgan fingerprint density at radius 2 is 1.74 bits per heavy atom. The first-order valence-electron chi connectivity index (χ1n) is 7.10. The number of carbonyl (C=O) groups excluding carboxylic acids is 1. The summed E-state index contributed by atoms with van der Waals surface area (Å²) in [6.07, 6.45) is 1.02. The molecule has 0 aliphatic carbocycles. The van der Waals surface area contributed by atoms with Crippen LogP contribution in [0.25, 0.3) is 0 Å². The monoisotopic (exact) mass is 272 g/mol. The summed E-state index contributed by atoms with van der Waals surface area (Å²) < 4.78 is 0. The van der Waals surface area contributed by atoms with Crippen LogP contribution < -0.4 is 0 Å². The van der Waals surface area contributed by atoms with Crippen molar-refractivity contribution in [1.82, 2.24) is 9.80 Å². The highest BCUT2D eigenvalue weighted by Gasteiger charge is 2.23. The number of carboxylic acid groups (broad SMARTS) is 1. The Morgan fingerprint density at radius 1 is 1.16 bits per heavy atom. The van der Waals surface area contributed by atoms with Gasteiger partial charge in [0.15, 0.2) is 0 Å². The van der Waals surface area contributed by atoms with Gasteiger partial charge in [0, 0.05) is 25.7 Å². The van der Waals surface area contributed by atoms with Gasteiger partial charge in [-0.2, -0.15) is 0 Å². The van der Waals surface area contributed by atoms with Crippen molar-refractivity contribution in [2.75, 3.05) is 19.6 Å². The third-order valence-corrected chi connectivity index (χ3v) is 3.32. The zero-order valence-corrected chi connectivity index (χ0v) is 12.8. The van der Waals surface area contributed by atoms with Gasteiger partial charge >= 0.3 is 12.0 Å². The second-order valence-electron chi connectivity index (χ2n) is 5.27. The molecule has 0 saturated heterocycles. The van der Waals surface area contributed by atoms with Gasteiger partial charge in [0.05, 0.1) is 6.42 Å². The van der Waals surface area contributed by atoms with Gasteiger partial charge in [-0.3, -0.25) is 4.79 Å². The van der Waals surface area contributed by atoms with Gasteiger partial charge in [0.25, 0.3) is 0 Å². The van der Waals surface area contributed by atoms with Crippen molar-refractivity contribution in [1.29, 1.82) is 0 Å². The first kappa shape index (κ1) is 17.7. The second-order valence-corrected chi connectivity index (χ2v) is 5.27. The van der Waals surface area contributed by atoms with Gasteiger partial charge in [-0.15, -0.1) is 0 Å². The SMILES string of the molecule is CCC(C)CN(CC)C(=O)N(CCC(=O)O)C(C)C. The molecule has 0 aromatic rings. The summed E-state index contributed by atoms with van der Waals surface area (Å²) in [5, 5.41) is 8.75. The van der Waals surface area contributed by atoms with Gasteiger partial charge in [0.2, 0.25) is 0 Å². The van der Waals surface area contributed by atoms with Crippen LogP contribution in [0.3, 0.4) is 0 Å². The summed E-state index contributed by atoms with van der Waals surface area (Å²) in [5.41, 5.74) is 0. The molecule has 0 rings (SSSR count). The number of nitrogens with zero attached hydrogens (tertiary/aromatic N) is 2. The molecule has 0 saturated carbocycles. The predicted octanol–water partition coefficient (Wildman–Crippen LogP) is 2.66. The van der Waals surface area contributed by atoms with E-state index in [1.54, 1.807) is 9.80 Å². The molecule has 0 aromatic heterocycles. The molecule has 1 N–H and O–H groups in total. The molecule has 0 heterocycles. The molecule has 5 heteroatoms. The van der Waals surface area contributed by atoms with Crippen LogP contribution in [-0.4, -0.2) is 52.6 Å². The van der Waals surface area contributed by atoms with Crippen LogP contribution in [-0.2, 0) is 4.79 Å². The molecule has 0 radical (unpaired) electrons. The molecule has 1 atom stereocenters. The molecule has 0 spiro atoms. The maximum atomic E-state index is 12.4. The van der Waals surface area contributed by atoms with Crippen LogP contribution in [0.2, 0.25) is 0 Å². The van der Waals surface area contributed by atoms with Crippen molar-refractivity contribution in [3.05, 3.63) is 0 Å². The summed E-state index contributed by atoms with van der Waals surface area (Å²) >= 11 is 0. The maximum Gasteiger partial charge on any atom is 0.320 e. The van der Waals surface area contributed by atoms with E-state index in [1.165, 1.54) is 0 Å². The number of carbonyl (C=O) groups is 2. The fraction of sp³-hybridized carbons (Fsp3) is 0.857. The first-order chi connectivity index (χ1) is 8.83. The number of aliphatic carboxylic acids is 1. The zero-order valence-electron chi connectivity index (χ0n) is 12.8. The molecule has 2 amide bonds. The normalized spacial score (nSPS) is 12.3. The minimum Gasteiger partial charge on any atom is -0.481 e. The molecular weight excluding hydrogens is 244 g/mol. The molecule has 0 aromatic carbocycles. The Morgan fingerprint density at radius 3 is 2.11 bits per heavy atom. The van der Waals surface area contributed by atoms with Gasteiger partial charge in [-0.25, -0.2) is 4.79 Å². The van der Waals surface area contributed by atoms with E-state index < -0.39 is 5.97 Å². The van der Waals surface area contributed by atoms with Crippen LogP contribution in [0.5, 0.6) is 0 Å². The average molecular weight is 272 g/mol. The Balaban J connectivity index is 4.69. The number of rotatable bonds is 8. The van der Waals surface area contributed by atoms with Gasteiger partial charge < -0.3 is 14.9 Å². The molecule has 5 nitrogen and oxygen atoms in total. The Bertz CT molecular complexity index is 292. The van der Waals surface area contributed by atoms with E-state index in [-0.39, 0.29) is 25.0 Å². The summed E-state index contributed by atoms with van der Waals surface area (Å²) in [6.45, 7) is 11.6. The van der Waals surface area contributed by atoms with E-state index in [0.717, 1.165) is 13.0 Å². The topological polar surface area (TPSA) is 60.9 Å². The van der Waals surface area contributed by atoms with Crippen molar-refractivity contribution in [3.8, 4) is 0 Å². The quantitative estimate of drug-likeness (QED) is 0.739. The summed E-state index contributed by atoms with van der Waals surface area (Å²) in [5.74, 6) is -0.416. The molecule has 0 aliphatic rings. The standard InChI is InChI=1S/C14H28N2O3/c1-6-12(5)10-15(7-2)14(19)16(11(3)4)9-8-13(17)18/h11-12H,6-10H2,1-5H3,(H,17,18). The summed E-state index contributed by atoms with van der Waals surface area (Å²) in [6, 6.07) is -0.0446. The van der Waals surface area contributed by atoms with Crippen molar-refractivity contribution in [2.24, 2.45) is 5.92 Å². The highest BCUT2D eigenvalue weighted by Crippen LogP contribution is 2.10. The van der Waals surface area contributed by atoms with Crippen LogP contribution in [0.15, 0.2) is 0 Å². The predicted molar refractivity (Wildman–Crippen MR) is 76.2 cm³/mol. The molecule has 112 valence electrons. The molecule has 0 bridgehead atoms. The fourth-order valence-electron chi connectivity index (χ4n) is 1.82. The van der Waals surface area contributed by atoms with Crippen LogP contribution in [0, 0.1) is 5.92 Å². The van der Waals surface area contributed by atoms with Gasteiger partial charge in [-0.05, 0) is 26.7 Å². The van der Waals surface area contributed by atoms with Gasteiger partial charge in [0.1, 0.15) is 0 Å². The average Bonchev–Trinajstić information content (AvgIpc) is 2.34. The van der Waals surface area contributed by atoms with Crippen molar-refractivity contribution < 1.29 is 14.7 Å². The van der Waals surface area contributed by atoms with E-state index in [0.29, 0.717) is 12.5 Å². The molecule has 19 heavy (non-hydrogen) atoms. The number of carboxylic acids is 1. The first-order valence-corrected chi connectivity index (χ1v) is 7.10. The van der Waals surface area contributed by atoms with E-state index in [4.69, 9.17) is 5.11 Å². The highest BCUT2D eigenvalue weighted by atomic mass is 16.4. The largest absolute Gasteiger partial charge is 0.481 e. The van der Waals surface area contributed by atoms with Gasteiger partial charge in [-0.1, -0.05) is 20.3 Å². The molecular formula is C14H28N2O3. The summed E-state index contributed by atoms with van der Waals surface area (Å²) in [7, 11) is 0. The minimum absolute atomic E-state index is 0.00912. The summed E-state index contributed by atoms with van der Waals surface area (Å²) in [4.78, 5) is 26.5. The Hall–Kier alpha value is -1.26.